The van der Waals surface area contributed by atoms with Crippen molar-refractivity contribution >= 4 is 34.5 Å². The lowest BCUT2D eigenvalue weighted by Gasteiger charge is -2.14. The third-order valence-corrected chi connectivity index (χ3v) is 3.62. The molecule has 3 rings (SSSR count). The minimum absolute atomic E-state index is 0.0862. The van der Waals surface area contributed by atoms with Crippen LogP contribution in [0.2, 0.25) is 5.02 Å². The normalized spacial score (nSPS) is 12.1. The largest absolute Gasteiger partial charge is 0.364 e. The number of rotatable bonds is 4. The highest BCUT2D eigenvalue weighted by atomic mass is 35.5. The molecule has 0 bridgehead atoms. The molecule has 3 aromatic heterocycles. The number of hydrogen-bond donors (Lipinski definition) is 3. The monoisotopic (exact) mass is 344 g/mol. The first-order valence-electron chi connectivity index (χ1n) is 7.02. The number of pyridine rings is 2. The Morgan fingerprint density at radius 2 is 2.17 bits per heavy atom. The topological polar surface area (TPSA) is 127 Å². The summed E-state index contributed by atoms with van der Waals surface area (Å²) in [6, 6.07) is 4.40. The molecule has 1 amide bonds. The van der Waals surface area contributed by atoms with Gasteiger partial charge in [0.15, 0.2) is 0 Å². The fraction of sp³-hybridized carbons (Fsp3) is 0.133. The van der Waals surface area contributed by atoms with E-state index in [-0.39, 0.29) is 17.2 Å². The van der Waals surface area contributed by atoms with E-state index in [4.69, 9.17) is 17.3 Å². The number of aromatic amines is 1. The summed E-state index contributed by atoms with van der Waals surface area (Å²) in [5, 5.41) is 4.15. The zero-order valence-electron chi connectivity index (χ0n) is 12.6. The molecule has 8 nitrogen and oxygen atoms in total. The van der Waals surface area contributed by atoms with Crippen molar-refractivity contribution in [2.45, 2.75) is 13.0 Å². The van der Waals surface area contributed by atoms with Crippen molar-refractivity contribution < 1.29 is 4.79 Å². The van der Waals surface area contributed by atoms with Gasteiger partial charge in [0.05, 0.1) is 11.1 Å². The molecule has 1 atom stereocenters. The summed E-state index contributed by atoms with van der Waals surface area (Å²) in [5.41, 5.74) is 5.90. The van der Waals surface area contributed by atoms with Crippen molar-refractivity contribution in [2.75, 3.05) is 5.32 Å². The summed E-state index contributed by atoms with van der Waals surface area (Å²) in [6.07, 6.45) is 2.88. The summed E-state index contributed by atoms with van der Waals surface area (Å²) < 4.78 is 0. The van der Waals surface area contributed by atoms with Crippen LogP contribution in [0.4, 0.5) is 5.95 Å². The molecule has 3 heterocycles. The van der Waals surface area contributed by atoms with E-state index in [1.165, 1.54) is 18.5 Å². The number of halogens is 1. The van der Waals surface area contributed by atoms with Gasteiger partial charge in [-0.3, -0.25) is 9.59 Å². The standard InChI is InChI=1S/C15H13ClN6O2/c1-7(20-15-18-3-2-11(21-15)12(17)23)10-5-8-4-9(16)6-19-13(8)22-14(10)24/h2-7H,1H3,(H2,17,23)(H,18,20,21)(H,19,22,24)/t7-/m0/s1. The molecule has 122 valence electrons. The molecular formula is C15H13ClN6O2. The quantitative estimate of drug-likeness (QED) is 0.660. The smallest absolute Gasteiger partial charge is 0.267 e. The zero-order chi connectivity index (χ0) is 17.3. The van der Waals surface area contributed by atoms with Gasteiger partial charge in [-0.1, -0.05) is 11.6 Å². The molecule has 0 aliphatic carbocycles. The zero-order valence-corrected chi connectivity index (χ0v) is 13.3. The Kier molecular flexibility index (Phi) is 4.13. The minimum Gasteiger partial charge on any atom is -0.364 e. The molecule has 9 heteroatoms. The Morgan fingerprint density at radius 3 is 2.92 bits per heavy atom. The number of hydrogen-bond acceptors (Lipinski definition) is 6. The van der Waals surface area contributed by atoms with Crippen molar-refractivity contribution in [3.63, 3.8) is 0 Å². The predicted molar refractivity (Wildman–Crippen MR) is 90.0 cm³/mol. The first-order chi connectivity index (χ1) is 11.4. The maximum Gasteiger partial charge on any atom is 0.267 e. The van der Waals surface area contributed by atoms with E-state index in [0.29, 0.717) is 21.6 Å². The predicted octanol–water partition coefficient (Wildman–Crippen LogP) is 1.64. The van der Waals surface area contributed by atoms with Gasteiger partial charge >= 0.3 is 0 Å². The maximum absolute atomic E-state index is 12.2. The van der Waals surface area contributed by atoms with Crippen LogP contribution in [0.1, 0.15) is 29.0 Å². The van der Waals surface area contributed by atoms with E-state index >= 15 is 0 Å². The molecule has 0 saturated heterocycles. The third kappa shape index (κ3) is 3.18. The third-order valence-electron chi connectivity index (χ3n) is 3.41. The van der Waals surface area contributed by atoms with Crippen molar-refractivity contribution in [3.05, 3.63) is 57.2 Å². The van der Waals surface area contributed by atoms with Crippen LogP contribution in [0.5, 0.6) is 0 Å². The van der Waals surface area contributed by atoms with Gasteiger partial charge < -0.3 is 16.0 Å². The van der Waals surface area contributed by atoms with Crippen molar-refractivity contribution in [1.82, 2.24) is 19.9 Å². The van der Waals surface area contributed by atoms with Crippen LogP contribution < -0.4 is 16.6 Å². The summed E-state index contributed by atoms with van der Waals surface area (Å²) in [6.45, 7) is 1.77. The highest BCUT2D eigenvalue weighted by Gasteiger charge is 2.14. The van der Waals surface area contributed by atoms with Gasteiger partial charge in [0, 0.05) is 23.3 Å². The number of aromatic nitrogens is 4. The maximum atomic E-state index is 12.2. The SMILES string of the molecule is C[C@H](Nc1nccc(C(N)=O)n1)c1cc2cc(Cl)cnc2[nH]c1=O. The Hall–Kier alpha value is -3.00. The Bertz CT molecular complexity index is 987. The van der Waals surface area contributed by atoms with Crippen LogP contribution in [0.15, 0.2) is 35.4 Å². The van der Waals surface area contributed by atoms with Gasteiger partial charge in [0.25, 0.3) is 11.5 Å². The second kappa shape index (κ2) is 6.25. The molecule has 0 unspecified atom stereocenters. The molecular weight excluding hydrogens is 332 g/mol. The highest BCUT2D eigenvalue weighted by molar-refractivity contribution is 6.31. The van der Waals surface area contributed by atoms with E-state index in [0.717, 1.165) is 0 Å². The average Bonchev–Trinajstić information content (AvgIpc) is 2.54. The molecule has 0 radical (unpaired) electrons. The van der Waals surface area contributed by atoms with E-state index in [9.17, 15) is 9.59 Å². The van der Waals surface area contributed by atoms with Gasteiger partial charge in [-0.15, -0.1) is 0 Å². The molecule has 0 aromatic carbocycles. The van der Waals surface area contributed by atoms with Crippen LogP contribution in [-0.4, -0.2) is 25.8 Å². The number of carbonyl (C=O) groups is 1. The molecule has 24 heavy (non-hydrogen) atoms. The van der Waals surface area contributed by atoms with Gasteiger partial charge in [-0.05, 0) is 25.1 Å². The molecule has 0 aliphatic rings. The van der Waals surface area contributed by atoms with E-state index in [1.54, 1.807) is 19.1 Å². The number of nitrogens with one attached hydrogen (secondary N) is 2. The summed E-state index contributed by atoms with van der Waals surface area (Å²) in [4.78, 5) is 38.2. The number of H-pyrrole nitrogens is 1. The summed E-state index contributed by atoms with van der Waals surface area (Å²) in [5.74, 6) is -0.458. The van der Waals surface area contributed by atoms with Gasteiger partial charge in [0.1, 0.15) is 11.3 Å². The lowest BCUT2D eigenvalue weighted by Crippen LogP contribution is -2.21. The van der Waals surface area contributed by atoms with E-state index in [1.807, 2.05) is 0 Å². The fourth-order valence-corrected chi connectivity index (χ4v) is 2.41. The number of carbonyl (C=O) groups excluding carboxylic acids is 1. The van der Waals surface area contributed by atoms with Gasteiger partial charge in [-0.2, -0.15) is 0 Å². The van der Waals surface area contributed by atoms with Crippen LogP contribution in [0.3, 0.4) is 0 Å². The molecule has 0 saturated carbocycles. The Labute approximate surface area is 141 Å². The molecule has 0 aliphatic heterocycles. The first kappa shape index (κ1) is 15.9. The summed E-state index contributed by atoms with van der Waals surface area (Å²) in [7, 11) is 0. The number of primary amides is 1. The van der Waals surface area contributed by atoms with Crippen molar-refractivity contribution in [1.29, 1.82) is 0 Å². The van der Waals surface area contributed by atoms with Crippen LogP contribution in [0.25, 0.3) is 11.0 Å². The minimum atomic E-state index is -0.655. The van der Waals surface area contributed by atoms with Crippen LogP contribution >= 0.6 is 11.6 Å². The fourth-order valence-electron chi connectivity index (χ4n) is 2.24. The van der Waals surface area contributed by atoms with Crippen molar-refractivity contribution in [3.8, 4) is 0 Å². The molecule has 0 fully saturated rings. The highest BCUT2D eigenvalue weighted by Crippen LogP contribution is 2.19. The lowest BCUT2D eigenvalue weighted by molar-refractivity contribution is 0.0995. The number of fused-ring (bicyclic) bond motifs is 1. The van der Waals surface area contributed by atoms with Crippen molar-refractivity contribution in [2.24, 2.45) is 5.73 Å². The Balaban J connectivity index is 1.95. The molecule has 0 spiro atoms. The number of nitrogens with two attached hydrogens (primary N) is 1. The molecule has 4 N–H and O–H groups in total. The number of amides is 1. The number of anilines is 1. The van der Waals surface area contributed by atoms with Gasteiger partial charge in [0.2, 0.25) is 5.95 Å². The first-order valence-corrected chi connectivity index (χ1v) is 7.39. The summed E-state index contributed by atoms with van der Waals surface area (Å²) >= 11 is 5.93. The van der Waals surface area contributed by atoms with Crippen LogP contribution in [0, 0.1) is 0 Å². The van der Waals surface area contributed by atoms with E-state index < -0.39 is 11.9 Å². The second-order valence-corrected chi connectivity index (χ2v) is 5.58. The Morgan fingerprint density at radius 1 is 1.38 bits per heavy atom. The van der Waals surface area contributed by atoms with E-state index in [2.05, 4.69) is 25.3 Å². The van der Waals surface area contributed by atoms with Gasteiger partial charge in [-0.25, -0.2) is 15.0 Å². The lowest BCUT2D eigenvalue weighted by atomic mass is 10.1. The molecule has 3 aromatic rings. The second-order valence-electron chi connectivity index (χ2n) is 5.14. The number of nitrogens with zero attached hydrogens (tertiary/aromatic N) is 3. The van der Waals surface area contributed by atoms with Crippen LogP contribution in [-0.2, 0) is 0 Å². The average molecular weight is 345 g/mol.